The van der Waals surface area contributed by atoms with E-state index in [1.54, 1.807) is 0 Å². The molecule has 3 heteroatoms. The highest BCUT2D eigenvalue weighted by molar-refractivity contribution is 5.70. The molecular weight excluding hydrogens is 322 g/mol. The van der Waals surface area contributed by atoms with Crippen molar-refractivity contribution in [2.75, 3.05) is 21.1 Å². The molecule has 0 aromatic heterocycles. The van der Waals surface area contributed by atoms with E-state index in [2.05, 4.69) is 19.1 Å². The van der Waals surface area contributed by atoms with Gasteiger partial charge in [0.05, 0.1) is 27.1 Å². The minimum atomic E-state index is -0.919. The maximum Gasteiger partial charge on any atom is 0.132 e. The van der Waals surface area contributed by atoms with Crippen LogP contribution in [0.15, 0.2) is 30.3 Å². The van der Waals surface area contributed by atoms with Crippen molar-refractivity contribution in [2.24, 2.45) is 5.92 Å². The molecule has 0 saturated heterocycles. The number of carboxylic acids is 1. The van der Waals surface area contributed by atoms with E-state index in [0.717, 1.165) is 19.3 Å². The first-order valence-corrected chi connectivity index (χ1v) is 10.4. The predicted octanol–water partition coefficient (Wildman–Crippen LogP) is 4.20. The molecule has 0 bridgehead atoms. The van der Waals surface area contributed by atoms with E-state index < -0.39 is 12.0 Å². The molecule has 148 valence electrons. The normalized spacial score (nSPS) is 14.2. The lowest BCUT2D eigenvalue weighted by atomic mass is 9.86. The summed E-state index contributed by atoms with van der Waals surface area (Å²) in [5, 5.41) is 11.9. The highest BCUT2D eigenvalue weighted by Gasteiger charge is 2.33. The molecule has 3 nitrogen and oxygen atoms in total. The van der Waals surface area contributed by atoms with Crippen molar-refractivity contribution in [2.45, 2.75) is 77.2 Å². The number of rotatable bonds is 14. The second kappa shape index (κ2) is 12.1. The van der Waals surface area contributed by atoms with Gasteiger partial charge in [0.2, 0.25) is 0 Å². The molecule has 0 radical (unpaired) electrons. The summed E-state index contributed by atoms with van der Waals surface area (Å²) in [6.45, 7) is 2.24. The Hall–Kier alpha value is -1.35. The van der Waals surface area contributed by atoms with Crippen molar-refractivity contribution in [3.05, 3.63) is 35.9 Å². The minimum absolute atomic E-state index is 0.113. The van der Waals surface area contributed by atoms with Gasteiger partial charge in [-0.15, -0.1) is 0 Å². The summed E-state index contributed by atoms with van der Waals surface area (Å²) >= 11 is 0. The van der Waals surface area contributed by atoms with E-state index in [9.17, 15) is 9.90 Å². The first-order chi connectivity index (χ1) is 12.4. The average molecular weight is 362 g/mol. The molecule has 26 heavy (non-hydrogen) atoms. The van der Waals surface area contributed by atoms with Crippen LogP contribution in [-0.2, 0) is 11.2 Å². The average Bonchev–Trinajstić information content (AvgIpc) is 2.56. The van der Waals surface area contributed by atoms with Crippen molar-refractivity contribution in [1.82, 2.24) is 0 Å². The number of carboxylic acid groups (broad SMARTS) is 1. The summed E-state index contributed by atoms with van der Waals surface area (Å²) in [6.07, 6.45) is 12.0. The quantitative estimate of drug-likeness (QED) is 0.368. The molecule has 0 fully saturated rings. The van der Waals surface area contributed by atoms with E-state index >= 15 is 0 Å². The summed E-state index contributed by atoms with van der Waals surface area (Å²) in [5.74, 6) is -0.805. The predicted molar refractivity (Wildman–Crippen MR) is 108 cm³/mol. The van der Waals surface area contributed by atoms with Crippen LogP contribution in [0.4, 0.5) is 0 Å². The number of benzene rings is 1. The molecule has 1 rings (SSSR count). The highest BCUT2D eigenvalue weighted by Crippen LogP contribution is 2.25. The first kappa shape index (κ1) is 22.7. The van der Waals surface area contributed by atoms with Gasteiger partial charge in [0.15, 0.2) is 0 Å². The smallest absolute Gasteiger partial charge is 0.132 e. The van der Waals surface area contributed by atoms with Gasteiger partial charge in [0.25, 0.3) is 0 Å². The van der Waals surface area contributed by atoms with Gasteiger partial charge in [-0.25, -0.2) is 0 Å². The zero-order valence-corrected chi connectivity index (χ0v) is 17.4. The van der Waals surface area contributed by atoms with Crippen molar-refractivity contribution in [3.8, 4) is 0 Å². The lowest BCUT2D eigenvalue weighted by molar-refractivity contribution is -0.893. The number of unbranched alkanes of at least 4 members (excludes halogenated alkanes) is 7. The Morgan fingerprint density at radius 3 is 1.96 bits per heavy atom. The van der Waals surface area contributed by atoms with Gasteiger partial charge >= 0.3 is 0 Å². The third-order valence-electron chi connectivity index (χ3n) is 5.29. The molecule has 2 atom stereocenters. The van der Waals surface area contributed by atoms with E-state index in [1.165, 1.54) is 50.5 Å². The summed E-state index contributed by atoms with van der Waals surface area (Å²) in [7, 11) is 5.89. The van der Waals surface area contributed by atoms with Gasteiger partial charge in [-0.1, -0.05) is 88.6 Å². The number of quaternary nitrogens is 1. The number of aliphatic carboxylic acids is 1. The molecule has 0 saturated carbocycles. The molecule has 0 N–H and O–H groups in total. The fraction of sp³-hybridized carbons (Fsp3) is 0.696. The van der Waals surface area contributed by atoms with Crippen molar-refractivity contribution in [3.63, 3.8) is 0 Å². The fourth-order valence-electron chi connectivity index (χ4n) is 3.97. The molecule has 1 aromatic rings. The Balaban J connectivity index is 2.59. The van der Waals surface area contributed by atoms with Crippen LogP contribution in [0.2, 0.25) is 0 Å². The molecule has 0 spiro atoms. The highest BCUT2D eigenvalue weighted by atomic mass is 16.4. The Bertz CT molecular complexity index is 493. The summed E-state index contributed by atoms with van der Waals surface area (Å²) in [4.78, 5) is 11.9. The van der Waals surface area contributed by atoms with E-state index in [1.807, 2.05) is 39.3 Å². The number of likely N-dealkylation sites (N-methyl/N-ethyl adjacent to an activating group) is 1. The van der Waals surface area contributed by atoms with Crippen molar-refractivity contribution >= 4 is 5.97 Å². The Morgan fingerprint density at radius 1 is 0.923 bits per heavy atom. The van der Waals surface area contributed by atoms with Crippen LogP contribution in [0.5, 0.6) is 0 Å². The van der Waals surface area contributed by atoms with Gasteiger partial charge in [-0.3, -0.25) is 0 Å². The maximum atomic E-state index is 11.9. The van der Waals surface area contributed by atoms with Crippen LogP contribution >= 0.6 is 0 Å². The Labute approximate surface area is 161 Å². The largest absolute Gasteiger partial charge is 0.544 e. The number of hydrogen-bond acceptors (Lipinski definition) is 2. The number of hydrogen-bond donors (Lipinski definition) is 0. The van der Waals surface area contributed by atoms with Crippen LogP contribution in [0.3, 0.4) is 0 Å². The maximum absolute atomic E-state index is 11.9. The third-order valence-corrected chi connectivity index (χ3v) is 5.29. The molecule has 0 amide bonds. The lowest BCUT2D eigenvalue weighted by Crippen LogP contribution is -2.58. The monoisotopic (exact) mass is 361 g/mol. The Kier molecular flexibility index (Phi) is 10.6. The molecule has 1 aromatic carbocycles. The molecule has 0 aliphatic carbocycles. The number of carbonyl (C=O) groups excluding carboxylic acids is 1. The summed E-state index contributed by atoms with van der Waals surface area (Å²) in [5.41, 5.74) is 1.22. The topological polar surface area (TPSA) is 40.1 Å². The van der Waals surface area contributed by atoms with E-state index in [0.29, 0.717) is 4.48 Å². The summed E-state index contributed by atoms with van der Waals surface area (Å²) < 4.78 is 0.414. The van der Waals surface area contributed by atoms with Crippen LogP contribution in [0.25, 0.3) is 0 Å². The number of nitrogens with zero attached hydrogens (tertiary/aromatic N) is 1. The van der Waals surface area contributed by atoms with Crippen LogP contribution in [-0.4, -0.2) is 37.6 Å². The Morgan fingerprint density at radius 2 is 1.46 bits per heavy atom. The van der Waals surface area contributed by atoms with Gasteiger partial charge in [0.1, 0.15) is 6.04 Å². The molecule has 2 unspecified atom stereocenters. The standard InChI is InChI=1S/C23H39NO2/c1-5-6-7-8-9-10-11-15-18-21(19-20-16-13-12-14-17-20)22(23(25)26)24(2,3)4/h12-14,16-17,21-22H,5-11,15,18-19H2,1-4H3. The van der Waals surface area contributed by atoms with Gasteiger partial charge in [0, 0.05) is 5.92 Å². The fourth-order valence-corrected chi connectivity index (χ4v) is 3.97. The second-order valence-corrected chi connectivity index (χ2v) is 8.59. The zero-order valence-electron chi connectivity index (χ0n) is 17.4. The molecule has 0 heterocycles. The van der Waals surface area contributed by atoms with Gasteiger partial charge < -0.3 is 14.4 Å². The van der Waals surface area contributed by atoms with Crippen molar-refractivity contribution in [1.29, 1.82) is 0 Å². The molecule has 0 aliphatic rings. The SMILES string of the molecule is CCCCCCCCCCC(Cc1ccccc1)C(C(=O)[O-])[N+](C)(C)C. The molecular formula is C23H39NO2. The van der Waals surface area contributed by atoms with E-state index in [4.69, 9.17) is 0 Å². The van der Waals surface area contributed by atoms with Crippen LogP contribution < -0.4 is 5.11 Å². The number of carbonyl (C=O) groups is 1. The van der Waals surface area contributed by atoms with Crippen molar-refractivity contribution < 1.29 is 14.4 Å². The van der Waals surface area contributed by atoms with Gasteiger partial charge in [-0.05, 0) is 18.4 Å². The first-order valence-electron chi connectivity index (χ1n) is 10.4. The van der Waals surface area contributed by atoms with Crippen LogP contribution in [0.1, 0.15) is 70.3 Å². The summed E-state index contributed by atoms with van der Waals surface area (Å²) in [6, 6.07) is 9.80. The minimum Gasteiger partial charge on any atom is -0.544 e. The second-order valence-electron chi connectivity index (χ2n) is 8.59. The van der Waals surface area contributed by atoms with Crippen LogP contribution in [0, 0.1) is 5.92 Å². The zero-order chi connectivity index (χ0) is 19.4. The lowest BCUT2D eigenvalue weighted by Gasteiger charge is -2.40. The third kappa shape index (κ3) is 8.84. The molecule has 0 aliphatic heterocycles. The van der Waals surface area contributed by atoms with Gasteiger partial charge in [-0.2, -0.15) is 0 Å². The van der Waals surface area contributed by atoms with E-state index in [-0.39, 0.29) is 5.92 Å².